The zero-order chi connectivity index (χ0) is 9.68. The summed E-state index contributed by atoms with van der Waals surface area (Å²) in [6, 6.07) is 0.501. The van der Waals surface area contributed by atoms with Gasteiger partial charge >= 0.3 is 0 Å². The Labute approximate surface area is 80.9 Å². The average molecular weight is 186 g/mol. The highest BCUT2D eigenvalue weighted by Gasteiger charge is 2.22. The van der Waals surface area contributed by atoms with Gasteiger partial charge in [0.1, 0.15) is 0 Å². The van der Waals surface area contributed by atoms with Crippen molar-refractivity contribution in [1.29, 1.82) is 0 Å². The molecule has 0 aromatic rings. The van der Waals surface area contributed by atoms with E-state index in [1.165, 1.54) is 19.4 Å². The van der Waals surface area contributed by atoms with Crippen molar-refractivity contribution in [3.05, 3.63) is 0 Å². The third-order valence-electron chi connectivity index (χ3n) is 3.05. The summed E-state index contributed by atoms with van der Waals surface area (Å²) in [5.74, 6) is 0.688. The molecule has 2 unspecified atom stereocenters. The lowest BCUT2D eigenvalue weighted by atomic mass is 9.94. The van der Waals surface area contributed by atoms with Gasteiger partial charge in [-0.2, -0.15) is 0 Å². The summed E-state index contributed by atoms with van der Waals surface area (Å²) in [7, 11) is 0. The van der Waals surface area contributed by atoms with E-state index in [2.05, 4.69) is 11.8 Å². The lowest BCUT2D eigenvalue weighted by Gasteiger charge is -2.36. The Kier molecular flexibility index (Phi) is 4.70. The van der Waals surface area contributed by atoms with E-state index in [1.807, 2.05) is 0 Å². The summed E-state index contributed by atoms with van der Waals surface area (Å²) in [4.78, 5) is 2.45. The first-order valence-electron chi connectivity index (χ1n) is 5.33. The van der Waals surface area contributed by atoms with Crippen molar-refractivity contribution >= 4 is 0 Å². The first-order valence-corrected chi connectivity index (χ1v) is 5.33. The normalized spacial score (nSPS) is 27.5. The van der Waals surface area contributed by atoms with Crippen LogP contribution in [0.1, 0.15) is 26.2 Å². The molecule has 78 valence electrons. The van der Waals surface area contributed by atoms with Crippen LogP contribution in [-0.2, 0) is 0 Å². The molecule has 1 rings (SSSR count). The lowest BCUT2D eigenvalue weighted by molar-refractivity contribution is 0.117. The van der Waals surface area contributed by atoms with Gasteiger partial charge in [0.2, 0.25) is 0 Å². The molecule has 3 heteroatoms. The van der Waals surface area contributed by atoms with Gasteiger partial charge in [0.05, 0.1) is 0 Å². The molecule has 0 amide bonds. The molecule has 1 heterocycles. The zero-order valence-electron chi connectivity index (χ0n) is 8.58. The molecule has 0 aromatic carbocycles. The maximum atomic E-state index is 8.86. The summed E-state index contributed by atoms with van der Waals surface area (Å²) < 4.78 is 0. The number of aliphatic hydroxyl groups is 1. The first kappa shape index (κ1) is 11.0. The summed E-state index contributed by atoms with van der Waals surface area (Å²) >= 11 is 0. The van der Waals surface area contributed by atoms with Gasteiger partial charge < -0.3 is 10.8 Å². The van der Waals surface area contributed by atoms with E-state index >= 15 is 0 Å². The van der Waals surface area contributed by atoms with Crippen molar-refractivity contribution < 1.29 is 5.11 Å². The van der Waals surface area contributed by atoms with Gasteiger partial charge in [0, 0.05) is 25.7 Å². The number of rotatable bonds is 4. The van der Waals surface area contributed by atoms with Crippen molar-refractivity contribution in [2.75, 3.05) is 26.2 Å². The topological polar surface area (TPSA) is 49.5 Å². The van der Waals surface area contributed by atoms with Crippen LogP contribution in [0.2, 0.25) is 0 Å². The van der Waals surface area contributed by atoms with Crippen molar-refractivity contribution in [2.24, 2.45) is 11.7 Å². The maximum Gasteiger partial charge on any atom is 0.0434 e. The standard InChI is InChI=1S/C10H22N2O/c1-9(7-11)12-5-2-3-10(8-12)4-6-13/h9-10,13H,2-8,11H2,1H3. The highest BCUT2D eigenvalue weighted by molar-refractivity contribution is 4.77. The highest BCUT2D eigenvalue weighted by atomic mass is 16.3. The van der Waals surface area contributed by atoms with Gasteiger partial charge in [-0.15, -0.1) is 0 Å². The Morgan fingerprint density at radius 3 is 3.00 bits per heavy atom. The van der Waals surface area contributed by atoms with Crippen LogP contribution in [0.4, 0.5) is 0 Å². The maximum absolute atomic E-state index is 8.86. The van der Waals surface area contributed by atoms with Crippen LogP contribution < -0.4 is 5.73 Å². The van der Waals surface area contributed by atoms with Crippen LogP contribution in [0.15, 0.2) is 0 Å². The summed E-state index contributed by atoms with van der Waals surface area (Å²) in [6.45, 7) is 5.56. The van der Waals surface area contributed by atoms with Gasteiger partial charge in [0.15, 0.2) is 0 Å². The van der Waals surface area contributed by atoms with Crippen molar-refractivity contribution in [2.45, 2.75) is 32.2 Å². The molecule has 3 nitrogen and oxygen atoms in total. The van der Waals surface area contributed by atoms with E-state index in [-0.39, 0.29) is 0 Å². The van der Waals surface area contributed by atoms with Gasteiger partial charge in [-0.25, -0.2) is 0 Å². The number of nitrogens with two attached hydrogens (primary N) is 1. The molecule has 1 aliphatic heterocycles. The molecule has 0 radical (unpaired) electrons. The van der Waals surface area contributed by atoms with E-state index < -0.39 is 0 Å². The SMILES string of the molecule is CC(CN)N1CCCC(CCO)C1. The minimum Gasteiger partial charge on any atom is -0.396 e. The molecule has 1 fully saturated rings. The second-order valence-corrected chi connectivity index (χ2v) is 4.10. The van der Waals surface area contributed by atoms with Crippen LogP contribution in [-0.4, -0.2) is 42.3 Å². The molecule has 2 atom stereocenters. The molecule has 0 spiro atoms. The smallest absolute Gasteiger partial charge is 0.0434 e. The number of hydrogen-bond donors (Lipinski definition) is 2. The zero-order valence-corrected chi connectivity index (χ0v) is 8.58. The predicted molar refractivity (Wildman–Crippen MR) is 54.5 cm³/mol. The fourth-order valence-electron chi connectivity index (χ4n) is 2.06. The Morgan fingerprint density at radius 1 is 1.62 bits per heavy atom. The second kappa shape index (κ2) is 5.58. The van der Waals surface area contributed by atoms with Crippen LogP contribution in [0.5, 0.6) is 0 Å². The van der Waals surface area contributed by atoms with Crippen LogP contribution in [0.25, 0.3) is 0 Å². The van der Waals surface area contributed by atoms with Crippen molar-refractivity contribution in [3.63, 3.8) is 0 Å². The lowest BCUT2D eigenvalue weighted by Crippen LogP contribution is -2.44. The van der Waals surface area contributed by atoms with Crippen LogP contribution in [0.3, 0.4) is 0 Å². The van der Waals surface area contributed by atoms with Crippen molar-refractivity contribution in [1.82, 2.24) is 4.90 Å². The first-order chi connectivity index (χ1) is 6.27. The Morgan fingerprint density at radius 2 is 2.38 bits per heavy atom. The molecular formula is C10H22N2O. The minimum absolute atomic E-state index is 0.329. The third-order valence-corrected chi connectivity index (χ3v) is 3.05. The molecule has 0 bridgehead atoms. The summed E-state index contributed by atoms with van der Waals surface area (Å²) in [6.07, 6.45) is 3.48. The molecule has 0 saturated carbocycles. The van der Waals surface area contributed by atoms with Gasteiger partial charge in [0.25, 0.3) is 0 Å². The quantitative estimate of drug-likeness (QED) is 0.669. The summed E-state index contributed by atoms with van der Waals surface area (Å²) in [5, 5.41) is 8.86. The molecular weight excluding hydrogens is 164 g/mol. The number of likely N-dealkylation sites (tertiary alicyclic amines) is 1. The molecule has 3 N–H and O–H groups in total. The van der Waals surface area contributed by atoms with Gasteiger partial charge in [-0.1, -0.05) is 0 Å². The molecule has 0 aromatic heterocycles. The molecule has 1 saturated heterocycles. The number of aliphatic hydroxyl groups excluding tert-OH is 1. The largest absolute Gasteiger partial charge is 0.396 e. The average Bonchev–Trinajstić information content (AvgIpc) is 2.18. The highest BCUT2D eigenvalue weighted by Crippen LogP contribution is 2.20. The molecule has 1 aliphatic rings. The van der Waals surface area contributed by atoms with Gasteiger partial charge in [-0.05, 0) is 38.6 Å². The van der Waals surface area contributed by atoms with E-state index in [0.29, 0.717) is 18.6 Å². The van der Waals surface area contributed by atoms with E-state index in [4.69, 9.17) is 10.8 Å². The van der Waals surface area contributed by atoms with E-state index in [9.17, 15) is 0 Å². The number of nitrogens with zero attached hydrogens (tertiary/aromatic N) is 1. The minimum atomic E-state index is 0.329. The monoisotopic (exact) mass is 186 g/mol. The van der Waals surface area contributed by atoms with Crippen LogP contribution >= 0.6 is 0 Å². The fraction of sp³-hybridized carbons (Fsp3) is 1.00. The molecule has 13 heavy (non-hydrogen) atoms. The predicted octanol–water partition coefficient (Wildman–Crippen LogP) is 0.428. The van der Waals surface area contributed by atoms with E-state index in [1.54, 1.807) is 0 Å². The Hall–Kier alpha value is -0.120. The second-order valence-electron chi connectivity index (χ2n) is 4.10. The van der Waals surface area contributed by atoms with Gasteiger partial charge in [-0.3, -0.25) is 4.90 Å². The fourth-order valence-corrected chi connectivity index (χ4v) is 2.06. The Balaban J connectivity index is 2.32. The third kappa shape index (κ3) is 3.25. The van der Waals surface area contributed by atoms with E-state index in [0.717, 1.165) is 19.5 Å². The number of hydrogen-bond acceptors (Lipinski definition) is 3. The van der Waals surface area contributed by atoms with Crippen molar-refractivity contribution in [3.8, 4) is 0 Å². The number of piperidine rings is 1. The summed E-state index contributed by atoms with van der Waals surface area (Å²) in [5.41, 5.74) is 5.63. The molecule has 0 aliphatic carbocycles. The van der Waals surface area contributed by atoms with Crippen LogP contribution in [0, 0.1) is 5.92 Å². The Bertz CT molecular complexity index is 139.